The van der Waals surface area contributed by atoms with Crippen LogP contribution in [0.1, 0.15) is 18.9 Å². The van der Waals surface area contributed by atoms with Gasteiger partial charge in [0.05, 0.1) is 10.0 Å². The van der Waals surface area contributed by atoms with Gasteiger partial charge in [0.15, 0.2) is 0 Å². The zero-order valence-electron chi connectivity index (χ0n) is 8.06. The monoisotopic (exact) mass is 294 g/mol. The maximum absolute atomic E-state index is 5.94. The van der Waals surface area contributed by atoms with Gasteiger partial charge in [-0.3, -0.25) is 0 Å². The number of hydrogen-bond acceptors (Lipinski definition) is 0. The molecule has 1 aromatic carbocycles. The highest BCUT2D eigenvalue weighted by atomic mass is 79.9. The molecule has 0 saturated heterocycles. The topological polar surface area (TPSA) is 0 Å². The smallest absolute Gasteiger partial charge is 0.0595 e. The molecule has 0 spiro atoms. The highest BCUT2D eigenvalue weighted by Crippen LogP contribution is 2.24. The SMILES string of the molecule is CCC(CBr)Cc1ccc(Cl)c(Cl)c1. The molecule has 0 radical (unpaired) electrons. The van der Waals surface area contributed by atoms with Crippen molar-refractivity contribution < 1.29 is 0 Å². The molecule has 78 valence electrons. The third-order valence-electron chi connectivity index (χ3n) is 2.30. The standard InChI is InChI=1S/C11H13BrCl2/c1-2-8(7-12)5-9-3-4-10(13)11(14)6-9/h3-4,6,8H,2,5,7H2,1H3. The molecule has 0 aromatic heterocycles. The number of benzene rings is 1. The summed E-state index contributed by atoms with van der Waals surface area (Å²) in [5, 5.41) is 2.31. The first-order valence-electron chi connectivity index (χ1n) is 4.67. The molecular formula is C11H13BrCl2. The Kier molecular flexibility index (Phi) is 5.29. The van der Waals surface area contributed by atoms with Crippen molar-refractivity contribution in [2.45, 2.75) is 19.8 Å². The van der Waals surface area contributed by atoms with Crippen molar-refractivity contribution in [1.29, 1.82) is 0 Å². The van der Waals surface area contributed by atoms with Gasteiger partial charge < -0.3 is 0 Å². The predicted octanol–water partition coefficient (Wildman–Crippen LogP) is 4.96. The highest BCUT2D eigenvalue weighted by Gasteiger charge is 2.07. The van der Waals surface area contributed by atoms with Gasteiger partial charge in [0.2, 0.25) is 0 Å². The Morgan fingerprint density at radius 1 is 1.29 bits per heavy atom. The van der Waals surface area contributed by atoms with Gasteiger partial charge in [0.25, 0.3) is 0 Å². The maximum Gasteiger partial charge on any atom is 0.0595 e. The van der Waals surface area contributed by atoms with Gasteiger partial charge in [-0.05, 0) is 30.0 Å². The first-order chi connectivity index (χ1) is 6.67. The second kappa shape index (κ2) is 5.99. The quantitative estimate of drug-likeness (QED) is 0.689. The molecule has 0 fully saturated rings. The summed E-state index contributed by atoms with van der Waals surface area (Å²) < 4.78 is 0. The molecule has 1 unspecified atom stereocenters. The van der Waals surface area contributed by atoms with E-state index >= 15 is 0 Å². The van der Waals surface area contributed by atoms with Crippen molar-refractivity contribution in [3.8, 4) is 0 Å². The van der Waals surface area contributed by atoms with Gasteiger partial charge in [0, 0.05) is 5.33 Å². The van der Waals surface area contributed by atoms with Gasteiger partial charge in [0.1, 0.15) is 0 Å². The maximum atomic E-state index is 5.94. The molecule has 14 heavy (non-hydrogen) atoms. The molecule has 0 aliphatic carbocycles. The van der Waals surface area contributed by atoms with Crippen LogP contribution in [0, 0.1) is 5.92 Å². The van der Waals surface area contributed by atoms with E-state index in [1.165, 1.54) is 12.0 Å². The van der Waals surface area contributed by atoms with Crippen LogP contribution < -0.4 is 0 Å². The van der Waals surface area contributed by atoms with Gasteiger partial charge in [-0.1, -0.05) is 58.5 Å². The molecular weight excluding hydrogens is 283 g/mol. The summed E-state index contributed by atoms with van der Waals surface area (Å²) >= 11 is 15.3. The van der Waals surface area contributed by atoms with Crippen LogP contribution in [0.15, 0.2) is 18.2 Å². The highest BCUT2D eigenvalue weighted by molar-refractivity contribution is 9.09. The summed E-state index contributed by atoms with van der Waals surface area (Å²) in [6, 6.07) is 5.86. The van der Waals surface area contributed by atoms with Gasteiger partial charge in [-0.25, -0.2) is 0 Å². The fourth-order valence-electron chi connectivity index (χ4n) is 1.31. The number of rotatable bonds is 4. The minimum atomic E-state index is 0.627. The van der Waals surface area contributed by atoms with E-state index in [0.717, 1.165) is 11.8 Å². The molecule has 3 heteroatoms. The zero-order valence-corrected chi connectivity index (χ0v) is 11.2. The molecule has 0 heterocycles. The summed E-state index contributed by atoms with van der Waals surface area (Å²) in [6.45, 7) is 2.20. The molecule has 0 aliphatic rings. The van der Waals surface area contributed by atoms with Gasteiger partial charge in [-0.15, -0.1) is 0 Å². The van der Waals surface area contributed by atoms with Crippen LogP contribution in [0.25, 0.3) is 0 Å². The molecule has 0 aliphatic heterocycles. The minimum absolute atomic E-state index is 0.627. The van der Waals surface area contributed by atoms with Crippen LogP contribution in [0.2, 0.25) is 10.0 Å². The van der Waals surface area contributed by atoms with Crippen LogP contribution in [-0.4, -0.2) is 5.33 Å². The molecule has 0 nitrogen and oxygen atoms in total. The number of halogens is 3. The Morgan fingerprint density at radius 2 is 2.00 bits per heavy atom. The van der Waals surface area contributed by atoms with Crippen molar-refractivity contribution in [3.05, 3.63) is 33.8 Å². The normalized spacial score (nSPS) is 12.9. The second-order valence-electron chi connectivity index (χ2n) is 3.38. The van der Waals surface area contributed by atoms with Crippen LogP contribution in [0.5, 0.6) is 0 Å². The van der Waals surface area contributed by atoms with Crippen LogP contribution in [-0.2, 0) is 6.42 Å². The predicted molar refractivity (Wildman–Crippen MR) is 67.7 cm³/mol. The largest absolute Gasteiger partial charge is 0.0925 e. The summed E-state index contributed by atoms with van der Waals surface area (Å²) in [4.78, 5) is 0. The Hall–Kier alpha value is 0.280. The summed E-state index contributed by atoms with van der Waals surface area (Å²) in [7, 11) is 0. The van der Waals surface area contributed by atoms with E-state index in [4.69, 9.17) is 23.2 Å². The van der Waals surface area contributed by atoms with Crippen molar-refractivity contribution in [3.63, 3.8) is 0 Å². The van der Waals surface area contributed by atoms with E-state index in [9.17, 15) is 0 Å². The Morgan fingerprint density at radius 3 is 2.50 bits per heavy atom. The minimum Gasteiger partial charge on any atom is -0.0925 e. The fraction of sp³-hybridized carbons (Fsp3) is 0.455. The lowest BCUT2D eigenvalue weighted by Crippen LogP contribution is -2.04. The Balaban J connectivity index is 2.72. The first kappa shape index (κ1) is 12.4. The fourth-order valence-corrected chi connectivity index (χ4v) is 2.32. The van der Waals surface area contributed by atoms with Gasteiger partial charge in [-0.2, -0.15) is 0 Å². The third-order valence-corrected chi connectivity index (χ3v) is 3.96. The average Bonchev–Trinajstić information content (AvgIpc) is 2.19. The molecule has 0 bridgehead atoms. The van der Waals surface area contributed by atoms with Crippen molar-refractivity contribution in [1.82, 2.24) is 0 Å². The van der Waals surface area contributed by atoms with Crippen molar-refractivity contribution >= 4 is 39.1 Å². The molecule has 1 atom stereocenters. The lowest BCUT2D eigenvalue weighted by Gasteiger charge is -2.11. The summed E-state index contributed by atoms with van der Waals surface area (Å²) in [6.07, 6.45) is 2.23. The molecule has 0 N–H and O–H groups in total. The van der Waals surface area contributed by atoms with Crippen LogP contribution in [0.3, 0.4) is 0 Å². The van der Waals surface area contributed by atoms with Crippen LogP contribution in [0.4, 0.5) is 0 Å². The van der Waals surface area contributed by atoms with Gasteiger partial charge >= 0.3 is 0 Å². The Labute approximate surface area is 104 Å². The lowest BCUT2D eigenvalue weighted by atomic mass is 9.99. The van der Waals surface area contributed by atoms with E-state index in [0.29, 0.717) is 16.0 Å². The molecule has 1 rings (SSSR count). The molecule has 0 saturated carbocycles. The van der Waals surface area contributed by atoms with Crippen molar-refractivity contribution in [2.24, 2.45) is 5.92 Å². The number of alkyl halides is 1. The third kappa shape index (κ3) is 3.45. The summed E-state index contributed by atoms with van der Waals surface area (Å²) in [5.41, 5.74) is 1.26. The van der Waals surface area contributed by atoms with E-state index in [-0.39, 0.29) is 0 Å². The first-order valence-corrected chi connectivity index (χ1v) is 6.55. The Bertz CT molecular complexity index is 295. The summed E-state index contributed by atoms with van der Waals surface area (Å²) in [5.74, 6) is 0.673. The van der Waals surface area contributed by atoms with E-state index in [1.54, 1.807) is 0 Å². The molecule has 0 amide bonds. The van der Waals surface area contributed by atoms with E-state index in [2.05, 4.69) is 22.9 Å². The zero-order chi connectivity index (χ0) is 10.6. The lowest BCUT2D eigenvalue weighted by molar-refractivity contribution is 0.574. The van der Waals surface area contributed by atoms with Crippen LogP contribution >= 0.6 is 39.1 Å². The average molecular weight is 296 g/mol. The second-order valence-corrected chi connectivity index (χ2v) is 4.84. The van der Waals surface area contributed by atoms with E-state index in [1.807, 2.05) is 18.2 Å². The molecule has 1 aromatic rings. The van der Waals surface area contributed by atoms with Crippen molar-refractivity contribution in [2.75, 3.05) is 5.33 Å². The number of hydrogen-bond donors (Lipinski definition) is 0. The van der Waals surface area contributed by atoms with E-state index < -0.39 is 0 Å².